The Kier molecular flexibility index (Phi) is 4.85. The Balaban J connectivity index is 1.68. The standard InChI is InChI=1S/C20H20F2N4O4S/c1-19(10-31(29,30)20(18(23)26-19)7-13(27)8-20)14-6-12(3-4-15(14)22)25-17(28)16-5-2-11(21)9-24-16/h2-6,9,13,27H,7-8,10H2,1H3,(H2,23,26)(H,25,28). The van der Waals surface area contributed by atoms with Gasteiger partial charge in [0.15, 0.2) is 9.84 Å². The zero-order valence-corrected chi connectivity index (χ0v) is 17.3. The van der Waals surface area contributed by atoms with Gasteiger partial charge < -0.3 is 16.2 Å². The number of hydrogen-bond donors (Lipinski definition) is 3. The van der Waals surface area contributed by atoms with Crippen LogP contribution in [0.1, 0.15) is 35.8 Å². The van der Waals surface area contributed by atoms with Crippen LogP contribution in [0.2, 0.25) is 0 Å². The van der Waals surface area contributed by atoms with Crippen LogP contribution in [0.3, 0.4) is 0 Å². The minimum atomic E-state index is -3.84. The van der Waals surface area contributed by atoms with E-state index in [1.807, 2.05) is 0 Å². The molecule has 1 atom stereocenters. The van der Waals surface area contributed by atoms with Crippen molar-refractivity contribution in [3.05, 3.63) is 59.4 Å². The number of sulfone groups is 1. The number of carbonyl (C=O) groups excluding carboxylic acids is 1. The number of nitrogens with one attached hydrogen (secondary N) is 1. The van der Waals surface area contributed by atoms with Gasteiger partial charge in [0.2, 0.25) is 0 Å². The Morgan fingerprint density at radius 2 is 1.97 bits per heavy atom. The molecule has 1 aromatic heterocycles. The van der Waals surface area contributed by atoms with Crippen LogP contribution in [-0.2, 0) is 15.4 Å². The van der Waals surface area contributed by atoms with Gasteiger partial charge in [0.05, 0.1) is 18.1 Å². The molecule has 164 valence electrons. The van der Waals surface area contributed by atoms with E-state index in [1.54, 1.807) is 0 Å². The third-order valence-corrected chi connectivity index (χ3v) is 8.47. The maximum atomic E-state index is 14.7. The van der Waals surface area contributed by atoms with E-state index < -0.39 is 49.5 Å². The second kappa shape index (κ2) is 7.06. The predicted octanol–water partition coefficient (Wildman–Crippen LogP) is 1.51. The maximum Gasteiger partial charge on any atom is 0.274 e. The number of benzene rings is 1. The summed E-state index contributed by atoms with van der Waals surface area (Å²) in [5.74, 6) is -2.61. The Bertz CT molecular complexity index is 1190. The summed E-state index contributed by atoms with van der Waals surface area (Å²) >= 11 is 0. The minimum Gasteiger partial charge on any atom is -0.393 e. The van der Waals surface area contributed by atoms with Crippen molar-refractivity contribution in [1.29, 1.82) is 0 Å². The fourth-order valence-corrected chi connectivity index (χ4v) is 6.58. The highest BCUT2D eigenvalue weighted by atomic mass is 32.2. The molecule has 1 aliphatic carbocycles. The zero-order chi connectivity index (χ0) is 22.6. The molecular weight excluding hydrogens is 430 g/mol. The normalized spacial score (nSPS) is 29.2. The van der Waals surface area contributed by atoms with Crippen LogP contribution in [-0.4, -0.2) is 46.9 Å². The highest BCUT2D eigenvalue weighted by Crippen LogP contribution is 2.47. The number of nitrogens with two attached hydrogens (primary N) is 1. The number of carbonyl (C=O) groups is 1. The number of amidine groups is 1. The second-order valence-corrected chi connectivity index (χ2v) is 10.4. The summed E-state index contributed by atoms with van der Waals surface area (Å²) in [4.78, 5) is 20.4. The summed E-state index contributed by atoms with van der Waals surface area (Å²) in [6.45, 7) is 1.45. The average molecular weight is 450 g/mol. The number of halogens is 2. The van der Waals surface area contributed by atoms with E-state index in [9.17, 15) is 27.1 Å². The van der Waals surface area contributed by atoms with Gasteiger partial charge in [-0.25, -0.2) is 22.2 Å². The van der Waals surface area contributed by atoms with E-state index in [0.29, 0.717) is 0 Å². The van der Waals surface area contributed by atoms with Crippen molar-refractivity contribution in [2.24, 2.45) is 10.7 Å². The summed E-state index contributed by atoms with van der Waals surface area (Å²) in [5.41, 5.74) is 4.56. The van der Waals surface area contributed by atoms with Gasteiger partial charge in [-0.05, 0) is 37.3 Å². The molecule has 1 unspecified atom stereocenters. The number of aliphatic imine (C=N–C) groups is 1. The Morgan fingerprint density at radius 3 is 2.55 bits per heavy atom. The molecule has 1 spiro atoms. The third kappa shape index (κ3) is 3.47. The molecule has 0 saturated heterocycles. The van der Waals surface area contributed by atoms with Crippen molar-refractivity contribution in [1.82, 2.24) is 4.98 Å². The van der Waals surface area contributed by atoms with Gasteiger partial charge in [0.1, 0.15) is 33.4 Å². The molecule has 2 heterocycles. The first kappa shape index (κ1) is 21.3. The molecule has 11 heteroatoms. The fraction of sp³-hybridized carbons (Fsp3) is 0.350. The van der Waals surface area contributed by atoms with Crippen LogP contribution in [0.15, 0.2) is 41.5 Å². The molecular formula is C20H20F2N4O4S. The Morgan fingerprint density at radius 1 is 1.26 bits per heavy atom. The second-order valence-electron chi connectivity index (χ2n) is 8.10. The van der Waals surface area contributed by atoms with Gasteiger partial charge in [-0.15, -0.1) is 0 Å². The lowest BCUT2D eigenvalue weighted by Gasteiger charge is -2.48. The Hall–Kier alpha value is -2.92. The molecule has 0 radical (unpaired) electrons. The lowest BCUT2D eigenvalue weighted by molar-refractivity contribution is 0.0785. The van der Waals surface area contributed by atoms with Crippen LogP contribution < -0.4 is 11.1 Å². The van der Waals surface area contributed by atoms with Crippen molar-refractivity contribution < 1.29 is 27.1 Å². The van der Waals surface area contributed by atoms with Gasteiger partial charge in [-0.2, -0.15) is 0 Å². The number of rotatable bonds is 3. The molecule has 0 bridgehead atoms. The molecule has 1 fully saturated rings. The molecule has 4 N–H and O–H groups in total. The molecule has 1 amide bonds. The van der Waals surface area contributed by atoms with Crippen molar-refractivity contribution in [2.75, 3.05) is 11.1 Å². The van der Waals surface area contributed by atoms with E-state index in [1.165, 1.54) is 25.1 Å². The first-order valence-electron chi connectivity index (χ1n) is 9.45. The van der Waals surface area contributed by atoms with Crippen molar-refractivity contribution in [3.63, 3.8) is 0 Å². The largest absolute Gasteiger partial charge is 0.393 e. The predicted molar refractivity (Wildman–Crippen MR) is 109 cm³/mol. The topological polar surface area (TPSA) is 135 Å². The summed E-state index contributed by atoms with van der Waals surface area (Å²) in [7, 11) is -3.84. The number of anilines is 1. The molecule has 4 rings (SSSR count). The average Bonchev–Trinajstić information content (AvgIpc) is 2.65. The lowest BCUT2D eigenvalue weighted by atomic mass is 9.79. The number of aliphatic hydroxyl groups is 1. The first-order chi connectivity index (χ1) is 14.5. The van der Waals surface area contributed by atoms with Gasteiger partial charge in [-0.1, -0.05) is 0 Å². The van der Waals surface area contributed by atoms with Crippen molar-refractivity contribution in [2.45, 2.75) is 36.2 Å². The van der Waals surface area contributed by atoms with Crippen LogP contribution in [0, 0.1) is 11.6 Å². The van der Waals surface area contributed by atoms with Gasteiger partial charge >= 0.3 is 0 Å². The molecule has 1 aliphatic heterocycles. The molecule has 1 aromatic carbocycles. The monoisotopic (exact) mass is 450 g/mol. The van der Waals surface area contributed by atoms with E-state index in [-0.39, 0.29) is 35.6 Å². The van der Waals surface area contributed by atoms with Crippen LogP contribution in [0.25, 0.3) is 0 Å². The fourth-order valence-electron chi connectivity index (χ4n) is 4.09. The number of aliphatic hydroxyl groups excluding tert-OH is 1. The van der Waals surface area contributed by atoms with Gasteiger partial charge in [0, 0.05) is 24.1 Å². The highest BCUT2D eigenvalue weighted by Gasteiger charge is 2.61. The van der Waals surface area contributed by atoms with E-state index >= 15 is 0 Å². The lowest BCUT2D eigenvalue weighted by Crippen LogP contribution is -2.65. The molecule has 8 nitrogen and oxygen atoms in total. The smallest absolute Gasteiger partial charge is 0.274 e. The molecule has 31 heavy (non-hydrogen) atoms. The number of hydrogen-bond acceptors (Lipinski definition) is 7. The zero-order valence-electron chi connectivity index (χ0n) is 16.5. The van der Waals surface area contributed by atoms with Crippen molar-refractivity contribution in [3.8, 4) is 0 Å². The summed E-state index contributed by atoms with van der Waals surface area (Å²) in [6.07, 6.45) is 0.0423. The highest BCUT2D eigenvalue weighted by molar-refractivity contribution is 7.93. The summed E-state index contributed by atoms with van der Waals surface area (Å²) < 4.78 is 52.3. The quantitative estimate of drug-likeness (QED) is 0.649. The third-order valence-electron chi connectivity index (χ3n) is 5.80. The Labute approximate surface area is 177 Å². The van der Waals surface area contributed by atoms with E-state index in [0.717, 1.165) is 18.3 Å². The summed E-state index contributed by atoms with van der Waals surface area (Å²) in [5, 5.41) is 12.2. The summed E-state index contributed by atoms with van der Waals surface area (Å²) in [6, 6.07) is 5.96. The SMILES string of the molecule is CC1(c2cc(NC(=O)c3ccc(F)cn3)ccc2F)CS(=O)(=O)C2(CC(O)C2)C(N)=N1. The maximum absolute atomic E-state index is 14.7. The van der Waals surface area contributed by atoms with Crippen LogP contribution in [0.5, 0.6) is 0 Å². The van der Waals surface area contributed by atoms with Gasteiger partial charge in [-0.3, -0.25) is 9.79 Å². The molecule has 1 saturated carbocycles. The van der Waals surface area contributed by atoms with Crippen molar-refractivity contribution >= 4 is 27.3 Å². The number of nitrogens with zero attached hydrogens (tertiary/aromatic N) is 2. The number of aromatic nitrogens is 1. The minimum absolute atomic E-state index is 0.0377. The van der Waals surface area contributed by atoms with E-state index in [2.05, 4.69) is 15.3 Å². The first-order valence-corrected chi connectivity index (χ1v) is 11.1. The molecule has 2 aliphatic rings. The molecule has 2 aromatic rings. The van der Waals surface area contributed by atoms with Crippen LogP contribution in [0.4, 0.5) is 14.5 Å². The van der Waals surface area contributed by atoms with Crippen LogP contribution >= 0.6 is 0 Å². The number of pyridine rings is 1. The van der Waals surface area contributed by atoms with E-state index in [4.69, 9.17) is 5.73 Å². The van der Waals surface area contributed by atoms with Gasteiger partial charge in [0.25, 0.3) is 5.91 Å². The number of amides is 1.